The third-order valence-electron chi connectivity index (χ3n) is 3.61. The quantitative estimate of drug-likeness (QED) is 0.347. The van der Waals surface area contributed by atoms with Crippen LogP contribution < -0.4 is 16.0 Å². The van der Waals surface area contributed by atoms with Crippen molar-refractivity contribution in [3.05, 3.63) is 35.2 Å². The lowest BCUT2D eigenvalue weighted by Gasteiger charge is -2.21. The Hall–Kier alpha value is -1.63. The van der Waals surface area contributed by atoms with Crippen LogP contribution in [0, 0.1) is 0 Å². The Kier molecular flexibility index (Phi) is 7.23. The summed E-state index contributed by atoms with van der Waals surface area (Å²) in [6, 6.07) is 10.2. The van der Waals surface area contributed by atoms with Crippen LogP contribution in [0.1, 0.15) is 38.7 Å². The summed E-state index contributed by atoms with van der Waals surface area (Å²) in [7, 11) is 0. The lowest BCUT2D eigenvalue weighted by Crippen LogP contribution is -2.44. The molecule has 0 fully saturated rings. The minimum Gasteiger partial charge on any atom is -0.386 e. The second-order valence-electron chi connectivity index (χ2n) is 7.03. The van der Waals surface area contributed by atoms with E-state index in [9.17, 15) is 5.11 Å². The monoisotopic (exact) mass is 362 g/mol. The highest BCUT2D eigenvalue weighted by Gasteiger charge is 2.12. The molecule has 5 nitrogen and oxygen atoms in total. The van der Waals surface area contributed by atoms with Crippen LogP contribution in [0.25, 0.3) is 10.1 Å². The number of benzene rings is 1. The van der Waals surface area contributed by atoms with Crippen molar-refractivity contribution in [1.29, 1.82) is 0 Å². The van der Waals surface area contributed by atoms with E-state index in [-0.39, 0.29) is 5.54 Å². The summed E-state index contributed by atoms with van der Waals surface area (Å²) >= 11 is 1.62. The summed E-state index contributed by atoms with van der Waals surface area (Å²) in [5.41, 5.74) is 0.106. The van der Waals surface area contributed by atoms with Gasteiger partial charge in [-0.2, -0.15) is 0 Å². The maximum absolute atomic E-state index is 10.5. The van der Waals surface area contributed by atoms with Gasteiger partial charge < -0.3 is 21.1 Å². The van der Waals surface area contributed by atoms with Crippen molar-refractivity contribution in [3.63, 3.8) is 0 Å². The van der Waals surface area contributed by atoms with Crippen LogP contribution in [0.2, 0.25) is 0 Å². The highest BCUT2D eigenvalue weighted by molar-refractivity contribution is 7.19. The van der Waals surface area contributed by atoms with Crippen LogP contribution in [0.3, 0.4) is 0 Å². The molecule has 6 heteroatoms. The molecule has 1 atom stereocenters. The molecule has 0 aliphatic rings. The van der Waals surface area contributed by atoms with Gasteiger partial charge in [0, 0.05) is 34.8 Å². The average Bonchev–Trinajstić information content (AvgIpc) is 2.99. The Balaban J connectivity index is 1.90. The number of nitrogens with one attached hydrogen (secondary N) is 3. The zero-order chi connectivity index (χ0) is 18.3. The molecule has 25 heavy (non-hydrogen) atoms. The van der Waals surface area contributed by atoms with Crippen molar-refractivity contribution >= 4 is 27.4 Å². The molecule has 2 aromatic rings. The summed E-state index contributed by atoms with van der Waals surface area (Å²) in [4.78, 5) is 5.47. The number of aliphatic hydroxyl groups is 1. The van der Waals surface area contributed by atoms with Gasteiger partial charge in [0.1, 0.15) is 6.10 Å². The van der Waals surface area contributed by atoms with Gasteiger partial charge in [-0.3, -0.25) is 4.99 Å². The molecule has 138 valence electrons. The minimum absolute atomic E-state index is 0.106. The van der Waals surface area contributed by atoms with Gasteiger partial charge in [-0.1, -0.05) is 18.2 Å². The molecule has 2 rings (SSSR count). The van der Waals surface area contributed by atoms with Gasteiger partial charge in [0.15, 0.2) is 5.96 Å². The van der Waals surface area contributed by atoms with Gasteiger partial charge in [-0.25, -0.2) is 0 Å². The van der Waals surface area contributed by atoms with Gasteiger partial charge in [0.05, 0.1) is 6.54 Å². The summed E-state index contributed by atoms with van der Waals surface area (Å²) in [6.07, 6.45) is -0.583. The van der Waals surface area contributed by atoms with E-state index in [0.717, 1.165) is 30.5 Å². The van der Waals surface area contributed by atoms with Crippen LogP contribution in [0.5, 0.6) is 0 Å². The number of hydrogen-bond acceptors (Lipinski definition) is 4. The molecule has 0 aliphatic carbocycles. The normalized spacial score (nSPS) is 13.9. The topological polar surface area (TPSA) is 68.7 Å². The molecule has 0 spiro atoms. The zero-order valence-corrected chi connectivity index (χ0v) is 16.4. The molecular formula is C19H30N4OS. The summed E-state index contributed by atoms with van der Waals surface area (Å²) in [5, 5.41) is 21.6. The first kappa shape index (κ1) is 19.7. The standard InChI is InChI=1S/C19H30N4OS/c1-5-20-18(21-10-11-23-19(2,3)4)22-13-15(24)17-12-14-8-6-7-9-16(14)25-17/h6-9,12,15,23-24H,5,10-11,13H2,1-4H3,(H2,20,21,22). The molecule has 0 saturated carbocycles. The van der Waals surface area contributed by atoms with Crippen molar-refractivity contribution in [3.8, 4) is 0 Å². The van der Waals surface area contributed by atoms with Crippen LogP contribution in [0.4, 0.5) is 0 Å². The summed E-state index contributed by atoms with van der Waals surface area (Å²) < 4.78 is 1.19. The largest absolute Gasteiger partial charge is 0.386 e. The predicted octanol–water partition coefficient (Wildman–Crippen LogP) is 2.88. The van der Waals surface area contributed by atoms with Gasteiger partial charge in [0.25, 0.3) is 0 Å². The second kappa shape index (κ2) is 9.17. The first-order chi connectivity index (χ1) is 11.9. The van der Waals surface area contributed by atoms with Crippen molar-refractivity contribution in [1.82, 2.24) is 16.0 Å². The maximum Gasteiger partial charge on any atom is 0.191 e. The second-order valence-corrected chi connectivity index (χ2v) is 8.14. The number of hydrogen-bond donors (Lipinski definition) is 4. The first-order valence-corrected chi connectivity index (χ1v) is 9.64. The zero-order valence-electron chi connectivity index (χ0n) is 15.6. The highest BCUT2D eigenvalue weighted by atomic mass is 32.1. The van der Waals surface area contributed by atoms with Crippen LogP contribution >= 0.6 is 11.3 Å². The third kappa shape index (κ3) is 6.65. The molecule has 4 N–H and O–H groups in total. The number of rotatable bonds is 7. The predicted molar refractivity (Wildman–Crippen MR) is 109 cm³/mol. The van der Waals surface area contributed by atoms with E-state index < -0.39 is 6.10 Å². The van der Waals surface area contributed by atoms with E-state index in [0.29, 0.717) is 6.54 Å². The Morgan fingerprint density at radius 1 is 1.20 bits per heavy atom. The molecular weight excluding hydrogens is 332 g/mol. The van der Waals surface area contributed by atoms with E-state index in [1.807, 2.05) is 25.1 Å². The molecule has 1 unspecified atom stereocenters. The molecule has 0 amide bonds. The van der Waals surface area contributed by atoms with E-state index in [1.54, 1.807) is 11.3 Å². The van der Waals surface area contributed by atoms with Crippen molar-refractivity contribution in [2.45, 2.75) is 39.3 Å². The van der Waals surface area contributed by atoms with Crippen LogP contribution in [-0.4, -0.2) is 42.8 Å². The SMILES string of the molecule is CCNC(=NCC(O)c1cc2ccccc2s1)NCCNC(C)(C)C. The molecule has 0 bridgehead atoms. The Bertz CT molecular complexity index is 657. The molecule has 0 saturated heterocycles. The summed E-state index contributed by atoms with van der Waals surface area (Å²) in [5.74, 6) is 0.735. The van der Waals surface area contributed by atoms with E-state index in [2.05, 4.69) is 53.8 Å². The lowest BCUT2D eigenvalue weighted by atomic mass is 10.1. The Morgan fingerprint density at radius 3 is 2.64 bits per heavy atom. The molecule has 1 aromatic carbocycles. The number of aliphatic hydroxyl groups excluding tert-OH is 1. The molecule has 1 aromatic heterocycles. The van der Waals surface area contributed by atoms with Crippen molar-refractivity contribution in [2.24, 2.45) is 4.99 Å². The van der Waals surface area contributed by atoms with Gasteiger partial charge in [-0.05, 0) is 45.2 Å². The number of fused-ring (bicyclic) bond motifs is 1. The molecule has 0 radical (unpaired) electrons. The summed E-state index contributed by atoms with van der Waals surface area (Å²) in [6.45, 7) is 11.2. The van der Waals surface area contributed by atoms with Crippen LogP contribution in [0.15, 0.2) is 35.3 Å². The fourth-order valence-corrected chi connectivity index (χ4v) is 3.44. The smallest absolute Gasteiger partial charge is 0.191 e. The van der Waals surface area contributed by atoms with Gasteiger partial charge in [-0.15, -0.1) is 11.3 Å². The lowest BCUT2D eigenvalue weighted by molar-refractivity contribution is 0.191. The maximum atomic E-state index is 10.5. The van der Waals surface area contributed by atoms with Crippen molar-refractivity contribution < 1.29 is 5.11 Å². The number of aliphatic imine (C=N–C) groups is 1. The van der Waals surface area contributed by atoms with Crippen molar-refractivity contribution in [2.75, 3.05) is 26.2 Å². The van der Waals surface area contributed by atoms with Crippen LogP contribution in [-0.2, 0) is 0 Å². The van der Waals surface area contributed by atoms with E-state index in [4.69, 9.17) is 0 Å². The van der Waals surface area contributed by atoms with Gasteiger partial charge >= 0.3 is 0 Å². The fourth-order valence-electron chi connectivity index (χ4n) is 2.39. The van der Waals surface area contributed by atoms with Gasteiger partial charge in [0.2, 0.25) is 0 Å². The highest BCUT2D eigenvalue weighted by Crippen LogP contribution is 2.29. The number of guanidine groups is 1. The van der Waals surface area contributed by atoms with E-state index >= 15 is 0 Å². The fraction of sp³-hybridized carbons (Fsp3) is 0.526. The number of thiophene rings is 1. The average molecular weight is 363 g/mol. The molecule has 1 heterocycles. The number of nitrogens with zero attached hydrogens (tertiary/aromatic N) is 1. The minimum atomic E-state index is -0.583. The Morgan fingerprint density at radius 2 is 1.96 bits per heavy atom. The first-order valence-electron chi connectivity index (χ1n) is 8.83. The van der Waals surface area contributed by atoms with E-state index in [1.165, 1.54) is 10.1 Å². The molecule has 0 aliphatic heterocycles. The third-order valence-corrected chi connectivity index (χ3v) is 4.83. The Labute approximate surface area is 154 Å².